The molecule has 0 aliphatic carbocycles. The molecule has 0 unspecified atom stereocenters. The summed E-state index contributed by atoms with van der Waals surface area (Å²) < 4.78 is 28.9. The first-order valence-electron chi connectivity index (χ1n) is 9.30. The number of thiophene rings is 1. The minimum Gasteiger partial charge on any atom is -0.347 e. The van der Waals surface area contributed by atoms with Crippen molar-refractivity contribution in [2.24, 2.45) is 0 Å². The van der Waals surface area contributed by atoms with E-state index >= 15 is 0 Å². The van der Waals surface area contributed by atoms with E-state index in [1.165, 1.54) is 22.7 Å². The van der Waals surface area contributed by atoms with E-state index < -0.39 is 10.0 Å². The number of nitrogens with one attached hydrogen (secondary N) is 1. The van der Waals surface area contributed by atoms with Crippen molar-refractivity contribution in [1.29, 1.82) is 0 Å². The first-order chi connectivity index (χ1) is 14.8. The second kappa shape index (κ2) is 8.78. The number of hydrogen-bond acceptors (Lipinski definition) is 5. The van der Waals surface area contributed by atoms with Crippen molar-refractivity contribution in [3.63, 3.8) is 0 Å². The molecule has 0 radical (unpaired) electrons. The fourth-order valence-corrected chi connectivity index (χ4v) is 5.43. The summed E-state index contributed by atoms with van der Waals surface area (Å²) in [7, 11) is -2.18. The number of fused-ring (bicyclic) bond motifs is 1. The van der Waals surface area contributed by atoms with E-state index in [1.807, 2.05) is 18.2 Å². The first kappa shape index (κ1) is 21.5. The molecule has 2 heterocycles. The maximum atomic E-state index is 13.0. The molecule has 4 aromatic rings. The fraction of sp³-hybridized carbons (Fsp3) is 0.0909. The summed E-state index contributed by atoms with van der Waals surface area (Å²) in [5.41, 5.74) is 1.44. The van der Waals surface area contributed by atoms with Crippen LogP contribution in [-0.2, 0) is 16.6 Å². The monoisotopic (exact) mass is 515 g/mol. The van der Waals surface area contributed by atoms with Crippen LogP contribution in [0, 0.1) is 0 Å². The van der Waals surface area contributed by atoms with Gasteiger partial charge in [-0.2, -0.15) is 0 Å². The highest BCUT2D eigenvalue weighted by atomic mass is 79.9. The lowest BCUT2D eigenvalue weighted by atomic mass is 10.2. The van der Waals surface area contributed by atoms with Crippen molar-refractivity contribution in [1.82, 2.24) is 10.3 Å². The Morgan fingerprint density at radius 2 is 1.90 bits per heavy atom. The number of amides is 1. The third-order valence-electron chi connectivity index (χ3n) is 4.74. The van der Waals surface area contributed by atoms with Crippen molar-refractivity contribution >= 4 is 59.0 Å². The summed E-state index contributed by atoms with van der Waals surface area (Å²) in [5.74, 6) is -0.178. The molecule has 158 valence electrons. The molecule has 2 aromatic carbocycles. The highest BCUT2D eigenvalue weighted by molar-refractivity contribution is 9.10. The Balaban J connectivity index is 1.55. The number of carbonyl (C=O) groups excluding carboxylic acids is 1. The fourth-order valence-electron chi connectivity index (χ4n) is 3.01. The van der Waals surface area contributed by atoms with Crippen LogP contribution in [0.2, 0.25) is 0 Å². The van der Waals surface area contributed by atoms with Crippen molar-refractivity contribution in [2.45, 2.75) is 11.4 Å². The number of benzene rings is 2. The van der Waals surface area contributed by atoms with Gasteiger partial charge >= 0.3 is 0 Å². The van der Waals surface area contributed by atoms with Crippen LogP contribution in [0.15, 0.2) is 82.4 Å². The zero-order valence-electron chi connectivity index (χ0n) is 16.4. The van der Waals surface area contributed by atoms with Gasteiger partial charge in [-0.3, -0.25) is 14.1 Å². The Morgan fingerprint density at radius 3 is 2.61 bits per heavy atom. The van der Waals surface area contributed by atoms with Crippen molar-refractivity contribution < 1.29 is 13.2 Å². The molecule has 0 aliphatic rings. The number of rotatable bonds is 6. The van der Waals surface area contributed by atoms with Gasteiger partial charge in [0, 0.05) is 35.2 Å². The lowest BCUT2D eigenvalue weighted by Crippen LogP contribution is -2.26. The summed E-state index contributed by atoms with van der Waals surface area (Å²) in [6, 6.07) is 17.4. The van der Waals surface area contributed by atoms with E-state index in [-0.39, 0.29) is 10.8 Å². The van der Waals surface area contributed by atoms with Crippen molar-refractivity contribution in [3.05, 3.63) is 88.0 Å². The molecular formula is C22H18BrN3O3S2. The zero-order valence-corrected chi connectivity index (χ0v) is 19.7. The van der Waals surface area contributed by atoms with Crippen LogP contribution in [-0.4, -0.2) is 26.4 Å². The number of aromatic nitrogens is 1. The van der Waals surface area contributed by atoms with E-state index in [0.29, 0.717) is 17.1 Å². The number of hydrogen-bond donors (Lipinski definition) is 1. The second-order valence-corrected chi connectivity index (χ2v) is 10.8. The number of pyridine rings is 1. The van der Waals surface area contributed by atoms with Crippen LogP contribution in [0.3, 0.4) is 0 Å². The van der Waals surface area contributed by atoms with Gasteiger partial charge in [-0.1, -0.05) is 22.0 Å². The van der Waals surface area contributed by atoms with Crippen LogP contribution in [0.25, 0.3) is 10.1 Å². The van der Waals surface area contributed by atoms with Crippen LogP contribution in [0.4, 0.5) is 5.69 Å². The molecule has 0 saturated carbocycles. The smallest absolute Gasteiger partial charge is 0.264 e. The average Bonchev–Trinajstić information content (AvgIpc) is 3.21. The van der Waals surface area contributed by atoms with Crippen molar-refractivity contribution in [2.75, 3.05) is 11.4 Å². The molecule has 2 aromatic heterocycles. The molecule has 0 saturated heterocycles. The van der Waals surface area contributed by atoms with E-state index in [1.54, 1.807) is 54.9 Å². The Kier molecular flexibility index (Phi) is 6.08. The molecule has 0 atom stereocenters. The third-order valence-corrected chi connectivity index (χ3v) is 8.18. The normalized spacial score (nSPS) is 11.4. The van der Waals surface area contributed by atoms with Gasteiger partial charge in [0.2, 0.25) is 0 Å². The summed E-state index contributed by atoms with van der Waals surface area (Å²) in [6.07, 6.45) is 3.39. The maximum absolute atomic E-state index is 13.0. The Labute approximate surface area is 192 Å². The highest BCUT2D eigenvalue weighted by Crippen LogP contribution is 2.31. The van der Waals surface area contributed by atoms with Crippen LogP contribution in [0.5, 0.6) is 0 Å². The van der Waals surface area contributed by atoms with Gasteiger partial charge < -0.3 is 5.32 Å². The average molecular weight is 516 g/mol. The minimum atomic E-state index is -3.70. The molecule has 0 spiro atoms. The molecule has 4 rings (SSSR count). The Hall–Kier alpha value is -2.75. The number of halogens is 1. The summed E-state index contributed by atoms with van der Waals surface area (Å²) in [5, 5.41) is 3.70. The highest BCUT2D eigenvalue weighted by Gasteiger charge is 2.22. The molecule has 9 heteroatoms. The first-order valence-corrected chi connectivity index (χ1v) is 12.3. The predicted octanol–water partition coefficient (Wildman–Crippen LogP) is 4.81. The quantitative estimate of drug-likeness (QED) is 0.399. The van der Waals surface area contributed by atoms with E-state index in [9.17, 15) is 13.2 Å². The van der Waals surface area contributed by atoms with Gasteiger partial charge in [0.15, 0.2) is 0 Å². The molecule has 1 amide bonds. The van der Waals surface area contributed by atoms with Gasteiger partial charge in [-0.15, -0.1) is 11.3 Å². The molecule has 0 bridgehead atoms. The van der Waals surface area contributed by atoms with Gasteiger partial charge in [0.25, 0.3) is 15.9 Å². The molecule has 0 fully saturated rings. The van der Waals surface area contributed by atoms with Crippen LogP contribution in [0.1, 0.15) is 15.2 Å². The van der Waals surface area contributed by atoms with Crippen molar-refractivity contribution in [3.8, 4) is 0 Å². The number of sulfonamides is 1. The summed E-state index contributed by atoms with van der Waals surface area (Å²) >= 11 is 4.68. The van der Waals surface area contributed by atoms with Gasteiger partial charge in [-0.25, -0.2) is 8.42 Å². The minimum absolute atomic E-state index is 0.178. The second-order valence-electron chi connectivity index (χ2n) is 6.80. The zero-order chi connectivity index (χ0) is 22.0. The lowest BCUT2D eigenvalue weighted by molar-refractivity contribution is 0.0955. The molecule has 31 heavy (non-hydrogen) atoms. The number of nitrogens with zero attached hydrogens (tertiary/aromatic N) is 2. The standard InChI is InChI=1S/C22H18BrN3O3S2/c1-26(31(28,29)19-7-4-17(23)5-8-19)18-6-9-20-16(11-18)12-21(30-20)22(27)25-14-15-3-2-10-24-13-15/h2-13H,14H2,1H3,(H,25,27). The molecular weight excluding hydrogens is 498 g/mol. The van der Waals surface area contributed by atoms with Gasteiger partial charge in [0.05, 0.1) is 15.5 Å². The van der Waals surface area contributed by atoms with Crippen LogP contribution >= 0.6 is 27.3 Å². The molecule has 1 N–H and O–H groups in total. The predicted molar refractivity (Wildman–Crippen MR) is 127 cm³/mol. The number of anilines is 1. The molecule has 6 nitrogen and oxygen atoms in total. The van der Waals surface area contributed by atoms with E-state index in [0.717, 1.165) is 20.1 Å². The Morgan fingerprint density at radius 1 is 1.13 bits per heavy atom. The van der Waals surface area contributed by atoms with Gasteiger partial charge in [0.1, 0.15) is 0 Å². The summed E-state index contributed by atoms with van der Waals surface area (Å²) in [6.45, 7) is 0.389. The third kappa shape index (κ3) is 4.63. The maximum Gasteiger partial charge on any atom is 0.264 e. The molecule has 0 aliphatic heterocycles. The van der Waals surface area contributed by atoms with E-state index in [4.69, 9.17) is 0 Å². The SMILES string of the molecule is CN(c1ccc2sc(C(=O)NCc3cccnc3)cc2c1)S(=O)(=O)c1ccc(Br)cc1. The largest absolute Gasteiger partial charge is 0.347 e. The van der Waals surface area contributed by atoms with E-state index in [2.05, 4.69) is 26.2 Å². The van der Waals surface area contributed by atoms with Gasteiger partial charge in [-0.05, 0) is 65.5 Å². The summed E-state index contributed by atoms with van der Waals surface area (Å²) in [4.78, 5) is 17.4. The van der Waals surface area contributed by atoms with Crippen LogP contribution < -0.4 is 9.62 Å². The lowest BCUT2D eigenvalue weighted by Gasteiger charge is -2.19. The Bertz CT molecular complexity index is 1340. The topological polar surface area (TPSA) is 79.4 Å². The number of carbonyl (C=O) groups is 1.